The number of carboxylic acid groups (broad SMARTS) is 1. The fourth-order valence-corrected chi connectivity index (χ4v) is 5.99. The molecule has 1 amide bonds. The number of thioether (sulfide) groups is 1. The maximum Gasteiger partial charge on any atom is 0.327 e. The minimum absolute atomic E-state index is 0.00703. The van der Waals surface area contributed by atoms with Gasteiger partial charge in [0.1, 0.15) is 11.5 Å². The third kappa shape index (κ3) is 1.95. The third-order valence-electron chi connectivity index (χ3n) is 5.30. The summed E-state index contributed by atoms with van der Waals surface area (Å²) in [4.78, 5) is 50.9. The molecule has 9 heteroatoms. The van der Waals surface area contributed by atoms with Crippen molar-refractivity contribution >= 4 is 35.6 Å². The lowest BCUT2D eigenvalue weighted by molar-refractivity contribution is -0.179. The molecule has 3 fully saturated rings. The van der Waals surface area contributed by atoms with Crippen LogP contribution < -0.4 is 0 Å². The van der Waals surface area contributed by atoms with E-state index in [1.165, 1.54) is 16.7 Å². The molecule has 25 heavy (non-hydrogen) atoms. The molecular formula is C16H21NO7S. The van der Waals surface area contributed by atoms with Crippen molar-refractivity contribution in [1.82, 2.24) is 4.90 Å². The molecule has 0 bridgehead atoms. The molecule has 2 heterocycles. The van der Waals surface area contributed by atoms with E-state index in [-0.39, 0.29) is 19.6 Å². The number of nitrogens with zero attached hydrogens (tertiary/aromatic N) is 1. The number of carbonyl (C=O) groups excluding carboxylic acids is 3. The number of fused-ring (bicyclic) bond motifs is 2. The summed E-state index contributed by atoms with van der Waals surface area (Å²) in [7, 11) is 0. The molecule has 0 aromatic heterocycles. The van der Waals surface area contributed by atoms with Gasteiger partial charge < -0.3 is 19.5 Å². The molecule has 0 radical (unpaired) electrons. The predicted molar refractivity (Wildman–Crippen MR) is 86.5 cm³/mol. The number of ether oxygens (including phenoxy) is 2. The van der Waals surface area contributed by atoms with E-state index in [4.69, 9.17) is 9.47 Å². The van der Waals surface area contributed by atoms with E-state index in [1.54, 1.807) is 27.7 Å². The van der Waals surface area contributed by atoms with Gasteiger partial charge in [-0.15, -0.1) is 11.8 Å². The summed E-state index contributed by atoms with van der Waals surface area (Å²) in [6.45, 7) is 6.89. The number of aliphatic carboxylic acids is 1. The summed E-state index contributed by atoms with van der Waals surface area (Å²) < 4.78 is 9.38. The summed E-state index contributed by atoms with van der Waals surface area (Å²) in [6, 6.07) is -0.997. The largest absolute Gasteiger partial charge is 0.480 e. The van der Waals surface area contributed by atoms with Crippen molar-refractivity contribution in [2.45, 2.75) is 50.3 Å². The van der Waals surface area contributed by atoms with E-state index < -0.39 is 50.8 Å². The van der Waals surface area contributed by atoms with Crippen molar-refractivity contribution in [3.8, 4) is 0 Å². The Morgan fingerprint density at radius 1 is 1.20 bits per heavy atom. The highest BCUT2D eigenvalue weighted by Crippen LogP contribution is 2.78. The highest BCUT2D eigenvalue weighted by Gasteiger charge is 2.93. The van der Waals surface area contributed by atoms with Crippen LogP contribution in [0.15, 0.2) is 0 Å². The maximum atomic E-state index is 12.9. The first-order valence-electron chi connectivity index (χ1n) is 8.19. The Kier molecular flexibility index (Phi) is 3.87. The molecule has 138 valence electrons. The van der Waals surface area contributed by atoms with Gasteiger partial charge in [0.2, 0.25) is 5.91 Å². The number of carboxylic acids is 1. The van der Waals surface area contributed by atoms with Crippen LogP contribution in [0.5, 0.6) is 0 Å². The molecule has 2 aliphatic heterocycles. The lowest BCUT2D eigenvalue weighted by Crippen LogP contribution is -2.67. The van der Waals surface area contributed by atoms with E-state index >= 15 is 0 Å². The summed E-state index contributed by atoms with van der Waals surface area (Å²) in [5.74, 6) is -3.11. The Morgan fingerprint density at radius 3 is 2.16 bits per heavy atom. The van der Waals surface area contributed by atoms with Gasteiger partial charge in [-0.3, -0.25) is 14.4 Å². The van der Waals surface area contributed by atoms with Crippen LogP contribution in [0, 0.1) is 10.8 Å². The number of rotatable bonds is 5. The first-order chi connectivity index (χ1) is 11.6. The molecule has 3 aliphatic rings. The van der Waals surface area contributed by atoms with Crippen LogP contribution in [0.25, 0.3) is 0 Å². The van der Waals surface area contributed by atoms with Crippen molar-refractivity contribution in [2.75, 3.05) is 13.2 Å². The minimum atomic E-state index is -1.66. The lowest BCUT2D eigenvalue weighted by Gasteiger charge is -2.46. The number of β-lactam (4-membered cyclic amide) rings is 1. The van der Waals surface area contributed by atoms with Gasteiger partial charge >= 0.3 is 17.9 Å². The van der Waals surface area contributed by atoms with E-state index in [1.807, 2.05) is 0 Å². The average molecular weight is 371 g/mol. The zero-order valence-electron chi connectivity index (χ0n) is 14.5. The molecule has 2 saturated heterocycles. The van der Waals surface area contributed by atoms with E-state index in [0.717, 1.165) is 0 Å². The van der Waals surface area contributed by atoms with Gasteiger partial charge in [0.25, 0.3) is 0 Å². The number of hydrogen-bond acceptors (Lipinski definition) is 7. The molecular weight excluding hydrogens is 350 g/mol. The van der Waals surface area contributed by atoms with Crippen molar-refractivity contribution in [3.63, 3.8) is 0 Å². The van der Waals surface area contributed by atoms with Crippen LogP contribution in [0.2, 0.25) is 0 Å². The van der Waals surface area contributed by atoms with Crippen LogP contribution in [0.4, 0.5) is 0 Å². The highest BCUT2D eigenvalue weighted by atomic mass is 32.2. The normalized spacial score (nSPS) is 33.4. The third-order valence-corrected chi connectivity index (χ3v) is 6.99. The fraction of sp³-hybridized carbons (Fsp3) is 0.750. The second kappa shape index (κ2) is 5.36. The Labute approximate surface area is 149 Å². The molecule has 1 saturated carbocycles. The van der Waals surface area contributed by atoms with Crippen molar-refractivity contribution in [2.24, 2.45) is 10.8 Å². The van der Waals surface area contributed by atoms with Gasteiger partial charge in [-0.25, -0.2) is 4.79 Å². The fourth-order valence-electron chi connectivity index (χ4n) is 4.16. The number of carbonyl (C=O) groups is 4. The molecule has 8 nitrogen and oxygen atoms in total. The predicted octanol–water partition coefficient (Wildman–Crippen LogP) is 0.636. The smallest absolute Gasteiger partial charge is 0.327 e. The first kappa shape index (κ1) is 18.0. The van der Waals surface area contributed by atoms with Crippen molar-refractivity contribution < 1.29 is 33.8 Å². The zero-order valence-corrected chi connectivity index (χ0v) is 15.3. The summed E-state index contributed by atoms with van der Waals surface area (Å²) in [5.41, 5.74) is -2.91. The van der Waals surface area contributed by atoms with Gasteiger partial charge in [-0.1, -0.05) is 0 Å². The standard InChI is InChI=1S/C16H21NO7S/c1-5-23-12(21)16(13(22)24-6-2)7-15(16)10(20)17-8(9(18)19)14(3,4)25-11(15)17/h8,11H,5-7H2,1-4H3,(H,18,19)/t8-,11+,15+/m0/s1. The van der Waals surface area contributed by atoms with Gasteiger partial charge in [-0.05, 0) is 34.1 Å². The van der Waals surface area contributed by atoms with Crippen LogP contribution in [-0.2, 0) is 28.7 Å². The van der Waals surface area contributed by atoms with Crippen molar-refractivity contribution in [1.29, 1.82) is 0 Å². The van der Waals surface area contributed by atoms with Crippen LogP contribution in [-0.4, -0.2) is 63.2 Å². The topological polar surface area (TPSA) is 110 Å². The molecule has 1 spiro atoms. The van der Waals surface area contributed by atoms with Gasteiger partial charge in [-0.2, -0.15) is 0 Å². The molecule has 0 unspecified atom stereocenters. The zero-order chi connectivity index (χ0) is 18.8. The lowest BCUT2D eigenvalue weighted by atomic mass is 9.81. The monoisotopic (exact) mass is 371 g/mol. The molecule has 3 rings (SSSR count). The summed E-state index contributed by atoms with van der Waals surface area (Å²) in [5, 5.41) is 8.95. The van der Waals surface area contributed by atoms with Gasteiger partial charge in [0.05, 0.1) is 18.6 Å². The highest BCUT2D eigenvalue weighted by molar-refractivity contribution is 8.01. The average Bonchev–Trinajstić information content (AvgIpc) is 3.18. The quantitative estimate of drug-likeness (QED) is 0.426. The number of esters is 2. The molecule has 1 aliphatic carbocycles. The Balaban J connectivity index is 1.99. The number of amides is 1. The Hall–Kier alpha value is -1.77. The van der Waals surface area contributed by atoms with Gasteiger partial charge in [0.15, 0.2) is 5.41 Å². The van der Waals surface area contributed by atoms with Crippen LogP contribution >= 0.6 is 11.8 Å². The van der Waals surface area contributed by atoms with Crippen LogP contribution in [0.3, 0.4) is 0 Å². The molecule has 3 atom stereocenters. The van der Waals surface area contributed by atoms with E-state index in [9.17, 15) is 24.3 Å². The second-order valence-corrected chi connectivity index (χ2v) is 8.76. The maximum absolute atomic E-state index is 12.9. The minimum Gasteiger partial charge on any atom is -0.480 e. The Morgan fingerprint density at radius 2 is 1.72 bits per heavy atom. The van der Waals surface area contributed by atoms with E-state index in [2.05, 4.69) is 0 Å². The van der Waals surface area contributed by atoms with Gasteiger partial charge in [0, 0.05) is 4.75 Å². The molecule has 0 aromatic carbocycles. The summed E-state index contributed by atoms with van der Waals surface area (Å²) in [6.07, 6.45) is 0.00703. The Bertz CT molecular complexity index is 657. The molecule has 0 aromatic rings. The number of hydrogen-bond donors (Lipinski definition) is 1. The summed E-state index contributed by atoms with van der Waals surface area (Å²) >= 11 is 1.31. The first-order valence-corrected chi connectivity index (χ1v) is 9.07. The van der Waals surface area contributed by atoms with Crippen molar-refractivity contribution in [3.05, 3.63) is 0 Å². The SMILES string of the molecule is CCOC(=O)C1(C(=O)OCC)C[C@]12C(=O)N1[C@@H](C(=O)O)C(C)(C)S[C@@H]12. The van der Waals surface area contributed by atoms with E-state index in [0.29, 0.717) is 0 Å². The second-order valence-electron chi connectivity index (χ2n) is 7.02. The molecule has 1 N–H and O–H groups in total. The van der Waals surface area contributed by atoms with Crippen LogP contribution in [0.1, 0.15) is 34.1 Å².